The number of halogens is 1. The molecule has 1 aromatic carbocycles. The highest BCUT2D eigenvalue weighted by molar-refractivity contribution is 7.89. The van der Waals surface area contributed by atoms with Gasteiger partial charge in [-0.05, 0) is 44.5 Å². The van der Waals surface area contributed by atoms with Gasteiger partial charge in [-0.25, -0.2) is 13.1 Å². The first-order valence-electron chi connectivity index (χ1n) is 7.24. The summed E-state index contributed by atoms with van der Waals surface area (Å²) in [4.78, 5) is 12.1. The molecule has 1 aromatic heterocycles. The number of sulfonamides is 1. The Morgan fingerprint density at radius 3 is 2.46 bits per heavy atom. The lowest BCUT2D eigenvalue weighted by molar-refractivity contribution is 0.0918. The smallest absolute Gasteiger partial charge is 0.287 e. The summed E-state index contributed by atoms with van der Waals surface area (Å²) >= 11 is 6.02. The fourth-order valence-corrected chi connectivity index (χ4v) is 3.50. The van der Waals surface area contributed by atoms with E-state index in [2.05, 4.69) is 10.0 Å². The van der Waals surface area contributed by atoms with E-state index in [0.29, 0.717) is 5.02 Å². The van der Waals surface area contributed by atoms with Crippen molar-refractivity contribution in [2.75, 3.05) is 0 Å². The van der Waals surface area contributed by atoms with Gasteiger partial charge in [0.15, 0.2) is 5.76 Å². The predicted octanol–water partition coefficient (Wildman–Crippen LogP) is 2.94. The third-order valence-electron chi connectivity index (χ3n) is 2.91. The predicted molar refractivity (Wildman–Crippen MR) is 91.4 cm³/mol. The molecule has 0 saturated carbocycles. The van der Waals surface area contributed by atoms with E-state index in [1.54, 1.807) is 39.0 Å². The monoisotopic (exact) mass is 370 g/mol. The number of rotatable bonds is 5. The highest BCUT2D eigenvalue weighted by atomic mass is 35.5. The Morgan fingerprint density at radius 1 is 1.17 bits per heavy atom. The lowest BCUT2D eigenvalue weighted by atomic mass is 10.1. The zero-order valence-corrected chi connectivity index (χ0v) is 15.2. The molecule has 130 valence electrons. The molecule has 24 heavy (non-hydrogen) atoms. The minimum atomic E-state index is -3.82. The zero-order chi connectivity index (χ0) is 18.0. The molecule has 2 rings (SSSR count). The molecular weight excluding hydrogens is 352 g/mol. The Labute approximate surface area is 146 Å². The van der Waals surface area contributed by atoms with E-state index >= 15 is 0 Å². The van der Waals surface area contributed by atoms with Crippen LogP contribution in [0.4, 0.5) is 0 Å². The first-order valence-corrected chi connectivity index (χ1v) is 9.10. The van der Waals surface area contributed by atoms with Crippen molar-refractivity contribution in [1.82, 2.24) is 10.0 Å². The van der Waals surface area contributed by atoms with E-state index in [-0.39, 0.29) is 17.4 Å². The van der Waals surface area contributed by atoms with Crippen molar-refractivity contribution in [1.29, 1.82) is 0 Å². The van der Waals surface area contributed by atoms with Gasteiger partial charge in [-0.1, -0.05) is 29.8 Å². The molecule has 0 aliphatic carbocycles. The SMILES string of the molecule is CC(C)(C)NS(=O)(=O)c1ccc(C(=O)NCc2ccccc2Cl)o1. The minimum absolute atomic E-state index is 0.0867. The molecule has 0 bridgehead atoms. The van der Waals surface area contributed by atoms with E-state index < -0.39 is 21.5 Å². The van der Waals surface area contributed by atoms with Gasteiger partial charge in [0.2, 0.25) is 5.09 Å². The van der Waals surface area contributed by atoms with Crippen molar-refractivity contribution in [3.05, 3.63) is 52.7 Å². The van der Waals surface area contributed by atoms with E-state index in [4.69, 9.17) is 16.0 Å². The molecule has 2 N–H and O–H groups in total. The Kier molecular flexibility index (Phi) is 5.37. The summed E-state index contributed by atoms with van der Waals surface area (Å²) in [6, 6.07) is 9.67. The minimum Gasteiger partial charge on any atom is -0.438 e. The first-order chi connectivity index (χ1) is 11.1. The van der Waals surface area contributed by atoms with Gasteiger partial charge in [0.05, 0.1) is 0 Å². The maximum atomic E-state index is 12.2. The molecule has 0 unspecified atom stereocenters. The number of hydrogen-bond acceptors (Lipinski definition) is 4. The normalized spacial score (nSPS) is 12.2. The Balaban J connectivity index is 2.07. The summed E-state index contributed by atoms with van der Waals surface area (Å²) in [5.74, 6) is -0.608. The molecule has 0 fully saturated rings. The van der Waals surface area contributed by atoms with Crippen LogP contribution in [0.3, 0.4) is 0 Å². The standard InChI is InChI=1S/C16H19ClN2O4S/c1-16(2,3)19-24(21,22)14-9-8-13(23-14)15(20)18-10-11-6-4-5-7-12(11)17/h4-9,19H,10H2,1-3H3,(H,18,20). The molecular formula is C16H19ClN2O4S. The Bertz CT molecular complexity index is 838. The summed E-state index contributed by atoms with van der Waals surface area (Å²) in [6.45, 7) is 5.35. The summed E-state index contributed by atoms with van der Waals surface area (Å²) in [6.07, 6.45) is 0. The van der Waals surface area contributed by atoms with Crippen molar-refractivity contribution >= 4 is 27.5 Å². The third kappa shape index (κ3) is 4.83. The van der Waals surface area contributed by atoms with E-state index in [1.807, 2.05) is 6.07 Å². The average Bonchev–Trinajstić information content (AvgIpc) is 2.94. The molecule has 0 aliphatic heterocycles. The molecule has 0 atom stereocenters. The topological polar surface area (TPSA) is 88.4 Å². The van der Waals surface area contributed by atoms with Crippen LogP contribution in [-0.4, -0.2) is 19.9 Å². The van der Waals surface area contributed by atoms with Crippen LogP contribution in [0.5, 0.6) is 0 Å². The highest BCUT2D eigenvalue weighted by Crippen LogP contribution is 2.17. The maximum absolute atomic E-state index is 12.2. The molecule has 8 heteroatoms. The Hall–Kier alpha value is -1.83. The van der Waals surface area contributed by atoms with Crippen molar-refractivity contribution in [3.63, 3.8) is 0 Å². The Morgan fingerprint density at radius 2 is 1.83 bits per heavy atom. The molecule has 0 saturated heterocycles. The number of nitrogens with one attached hydrogen (secondary N) is 2. The molecule has 2 aromatic rings. The molecule has 0 aliphatic rings. The second-order valence-corrected chi connectivity index (χ2v) is 8.27. The molecule has 6 nitrogen and oxygen atoms in total. The average molecular weight is 371 g/mol. The number of carbonyl (C=O) groups excluding carboxylic acids is 1. The lowest BCUT2D eigenvalue weighted by Gasteiger charge is -2.18. The summed E-state index contributed by atoms with van der Waals surface area (Å²) in [7, 11) is -3.82. The van der Waals surface area contributed by atoms with Crippen LogP contribution in [0, 0.1) is 0 Å². The summed E-state index contributed by atoms with van der Waals surface area (Å²) in [5.41, 5.74) is 0.0966. The van der Waals surface area contributed by atoms with Crippen LogP contribution in [-0.2, 0) is 16.6 Å². The first kappa shape index (κ1) is 18.5. The third-order valence-corrected chi connectivity index (χ3v) is 4.91. The number of amides is 1. The molecule has 1 heterocycles. The van der Waals surface area contributed by atoms with Crippen molar-refractivity contribution in [3.8, 4) is 0 Å². The summed E-state index contributed by atoms with van der Waals surface area (Å²) in [5, 5.41) is 2.87. The van der Waals surface area contributed by atoms with Gasteiger partial charge in [-0.3, -0.25) is 4.79 Å². The van der Waals surface area contributed by atoms with Crippen LogP contribution in [0.1, 0.15) is 36.9 Å². The van der Waals surface area contributed by atoms with Gasteiger partial charge in [-0.15, -0.1) is 0 Å². The van der Waals surface area contributed by atoms with Gasteiger partial charge < -0.3 is 9.73 Å². The van der Waals surface area contributed by atoms with Crippen molar-refractivity contribution < 1.29 is 17.6 Å². The van der Waals surface area contributed by atoms with Crippen molar-refractivity contribution in [2.24, 2.45) is 0 Å². The maximum Gasteiger partial charge on any atom is 0.287 e. The largest absolute Gasteiger partial charge is 0.438 e. The second-order valence-electron chi connectivity index (χ2n) is 6.25. The van der Waals surface area contributed by atoms with Crippen LogP contribution >= 0.6 is 11.6 Å². The van der Waals surface area contributed by atoms with E-state index in [0.717, 1.165) is 5.56 Å². The fourth-order valence-electron chi connectivity index (χ4n) is 1.94. The van der Waals surface area contributed by atoms with Gasteiger partial charge in [0.1, 0.15) is 0 Å². The van der Waals surface area contributed by atoms with E-state index in [9.17, 15) is 13.2 Å². The van der Waals surface area contributed by atoms with E-state index in [1.165, 1.54) is 12.1 Å². The highest BCUT2D eigenvalue weighted by Gasteiger charge is 2.26. The quantitative estimate of drug-likeness (QED) is 0.846. The molecule has 1 amide bonds. The molecule has 0 radical (unpaired) electrons. The van der Waals surface area contributed by atoms with Crippen LogP contribution in [0.2, 0.25) is 5.02 Å². The van der Waals surface area contributed by atoms with Crippen LogP contribution < -0.4 is 10.0 Å². The second kappa shape index (κ2) is 6.96. The number of benzene rings is 1. The van der Waals surface area contributed by atoms with Crippen LogP contribution in [0.15, 0.2) is 45.9 Å². The number of furan rings is 1. The fraction of sp³-hybridized carbons (Fsp3) is 0.312. The van der Waals surface area contributed by atoms with Gasteiger partial charge in [0, 0.05) is 17.1 Å². The lowest BCUT2D eigenvalue weighted by Crippen LogP contribution is -2.40. The van der Waals surface area contributed by atoms with Gasteiger partial charge in [0.25, 0.3) is 15.9 Å². The van der Waals surface area contributed by atoms with Crippen LogP contribution in [0.25, 0.3) is 0 Å². The van der Waals surface area contributed by atoms with Gasteiger partial charge >= 0.3 is 0 Å². The number of hydrogen-bond donors (Lipinski definition) is 2. The van der Waals surface area contributed by atoms with Crippen molar-refractivity contribution in [2.45, 2.75) is 37.9 Å². The number of carbonyl (C=O) groups is 1. The summed E-state index contributed by atoms with van der Waals surface area (Å²) < 4.78 is 31.9. The van der Waals surface area contributed by atoms with Gasteiger partial charge in [-0.2, -0.15) is 0 Å². The molecule has 0 spiro atoms. The zero-order valence-electron chi connectivity index (χ0n) is 13.6.